The Bertz CT molecular complexity index is 635. The highest BCUT2D eigenvalue weighted by Crippen LogP contribution is 2.26. The number of benzene rings is 1. The highest BCUT2D eigenvalue weighted by molar-refractivity contribution is 9.10. The Labute approximate surface area is 126 Å². The SMILES string of the molecule is CCc1ccc(OCC(=O)n2nc(C)cc2C)c(Br)c1. The first kappa shape index (κ1) is 14.8. The molecule has 4 nitrogen and oxygen atoms in total. The van der Waals surface area contributed by atoms with Crippen LogP contribution in [0, 0.1) is 13.8 Å². The van der Waals surface area contributed by atoms with E-state index < -0.39 is 0 Å². The summed E-state index contributed by atoms with van der Waals surface area (Å²) in [6.07, 6.45) is 0.962. The zero-order valence-corrected chi connectivity index (χ0v) is 13.4. The average Bonchev–Trinajstić information content (AvgIpc) is 2.76. The van der Waals surface area contributed by atoms with Gasteiger partial charge in [0.15, 0.2) is 6.61 Å². The first-order chi connectivity index (χ1) is 9.51. The Morgan fingerprint density at radius 1 is 1.35 bits per heavy atom. The zero-order valence-electron chi connectivity index (χ0n) is 11.8. The predicted molar refractivity (Wildman–Crippen MR) is 81.3 cm³/mol. The molecule has 0 saturated carbocycles. The number of hydrogen-bond acceptors (Lipinski definition) is 3. The zero-order chi connectivity index (χ0) is 14.7. The molecule has 0 unspecified atom stereocenters. The van der Waals surface area contributed by atoms with Gasteiger partial charge in [-0.05, 0) is 60.0 Å². The van der Waals surface area contributed by atoms with Gasteiger partial charge in [-0.2, -0.15) is 5.10 Å². The summed E-state index contributed by atoms with van der Waals surface area (Å²) >= 11 is 3.45. The quantitative estimate of drug-likeness (QED) is 0.857. The van der Waals surface area contributed by atoms with Gasteiger partial charge in [0.1, 0.15) is 5.75 Å². The summed E-state index contributed by atoms with van der Waals surface area (Å²) in [5.74, 6) is 0.485. The lowest BCUT2D eigenvalue weighted by molar-refractivity contribution is 0.0817. The van der Waals surface area contributed by atoms with Gasteiger partial charge in [0.05, 0.1) is 10.2 Å². The van der Waals surface area contributed by atoms with Crippen molar-refractivity contribution < 1.29 is 9.53 Å². The molecule has 0 N–H and O–H groups in total. The third kappa shape index (κ3) is 3.28. The van der Waals surface area contributed by atoms with Gasteiger partial charge in [-0.3, -0.25) is 4.79 Å². The minimum atomic E-state index is -0.179. The van der Waals surface area contributed by atoms with Gasteiger partial charge in [-0.25, -0.2) is 4.68 Å². The topological polar surface area (TPSA) is 44.1 Å². The van der Waals surface area contributed by atoms with Crippen LogP contribution in [0.15, 0.2) is 28.7 Å². The first-order valence-electron chi connectivity index (χ1n) is 6.49. The van der Waals surface area contributed by atoms with E-state index in [1.807, 2.05) is 38.1 Å². The fraction of sp³-hybridized carbons (Fsp3) is 0.333. The molecule has 1 heterocycles. The molecule has 2 rings (SSSR count). The van der Waals surface area contributed by atoms with Crippen LogP contribution in [0.1, 0.15) is 28.7 Å². The largest absolute Gasteiger partial charge is 0.483 e. The fourth-order valence-electron chi connectivity index (χ4n) is 1.96. The van der Waals surface area contributed by atoms with Crippen LogP contribution in [0.3, 0.4) is 0 Å². The number of nitrogens with zero attached hydrogens (tertiary/aromatic N) is 2. The molecule has 0 amide bonds. The van der Waals surface area contributed by atoms with Crippen molar-refractivity contribution in [3.8, 4) is 5.75 Å². The Balaban J connectivity index is 2.05. The van der Waals surface area contributed by atoms with Crippen molar-refractivity contribution in [2.75, 3.05) is 6.61 Å². The van der Waals surface area contributed by atoms with Crippen LogP contribution in [-0.4, -0.2) is 22.3 Å². The number of aromatic nitrogens is 2. The van der Waals surface area contributed by atoms with Gasteiger partial charge >= 0.3 is 0 Å². The summed E-state index contributed by atoms with van der Waals surface area (Å²) in [5.41, 5.74) is 2.86. The molecule has 0 atom stereocenters. The second-order valence-electron chi connectivity index (χ2n) is 4.64. The lowest BCUT2D eigenvalue weighted by atomic mass is 10.2. The van der Waals surface area contributed by atoms with Gasteiger partial charge in [0.2, 0.25) is 0 Å². The summed E-state index contributed by atoms with van der Waals surface area (Å²) in [6.45, 7) is 5.77. The summed E-state index contributed by atoms with van der Waals surface area (Å²) in [7, 11) is 0. The van der Waals surface area contributed by atoms with Gasteiger partial charge in [-0.15, -0.1) is 0 Å². The maximum Gasteiger partial charge on any atom is 0.284 e. The van der Waals surface area contributed by atoms with Crippen LogP contribution < -0.4 is 4.74 Å². The van der Waals surface area contributed by atoms with Crippen LogP contribution in [0.4, 0.5) is 0 Å². The summed E-state index contributed by atoms with van der Waals surface area (Å²) in [6, 6.07) is 7.73. The summed E-state index contributed by atoms with van der Waals surface area (Å²) in [4.78, 5) is 12.0. The summed E-state index contributed by atoms with van der Waals surface area (Å²) < 4.78 is 7.80. The van der Waals surface area contributed by atoms with Crippen LogP contribution in [0.5, 0.6) is 5.75 Å². The molecule has 0 spiro atoms. The molecule has 0 radical (unpaired) electrons. The number of aryl methyl sites for hydroxylation is 3. The molecule has 1 aromatic carbocycles. The molecule has 0 bridgehead atoms. The van der Waals surface area contributed by atoms with Crippen LogP contribution in [0.25, 0.3) is 0 Å². The number of halogens is 1. The average molecular weight is 337 g/mol. The van der Waals surface area contributed by atoms with Crippen molar-refractivity contribution in [2.24, 2.45) is 0 Å². The van der Waals surface area contributed by atoms with E-state index in [0.29, 0.717) is 5.75 Å². The number of carbonyl (C=O) groups excluding carboxylic acids is 1. The molecule has 0 aliphatic heterocycles. The van der Waals surface area contributed by atoms with Crippen molar-refractivity contribution >= 4 is 21.8 Å². The van der Waals surface area contributed by atoms with Gasteiger partial charge in [-0.1, -0.05) is 13.0 Å². The number of rotatable bonds is 4. The van der Waals surface area contributed by atoms with Crippen LogP contribution >= 0.6 is 15.9 Å². The number of carbonyl (C=O) groups is 1. The lowest BCUT2D eigenvalue weighted by Gasteiger charge is -2.09. The van der Waals surface area contributed by atoms with E-state index in [9.17, 15) is 4.79 Å². The van der Waals surface area contributed by atoms with Crippen LogP contribution in [0.2, 0.25) is 0 Å². The van der Waals surface area contributed by atoms with Gasteiger partial charge < -0.3 is 4.74 Å². The van der Waals surface area contributed by atoms with E-state index in [4.69, 9.17) is 4.74 Å². The molecular formula is C15H17BrN2O2. The normalized spacial score (nSPS) is 10.6. The predicted octanol–water partition coefficient (Wildman–Crippen LogP) is 3.54. The van der Waals surface area contributed by atoms with Crippen molar-refractivity contribution in [1.29, 1.82) is 0 Å². The van der Waals surface area contributed by atoms with E-state index >= 15 is 0 Å². The summed E-state index contributed by atoms with van der Waals surface area (Å²) in [5, 5.41) is 4.15. The minimum Gasteiger partial charge on any atom is -0.483 e. The molecule has 2 aromatic rings. The molecule has 0 fully saturated rings. The molecule has 0 aliphatic rings. The second kappa shape index (κ2) is 6.22. The monoisotopic (exact) mass is 336 g/mol. The smallest absolute Gasteiger partial charge is 0.284 e. The highest BCUT2D eigenvalue weighted by Gasteiger charge is 2.12. The third-order valence-corrected chi connectivity index (χ3v) is 3.62. The highest BCUT2D eigenvalue weighted by atomic mass is 79.9. The van der Waals surface area contributed by atoms with Crippen molar-refractivity contribution in [1.82, 2.24) is 9.78 Å². The molecule has 5 heteroatoms. The van der Waals surface area contributed by atoms with E-state index in [0.717, 1.165) is 22.3 Å². The Kier molecular flexibility index (Phi) is 4.60. The first-order valence-corrected chi connectivity index (χ1v) is 7.28. The van der Waals surface area contributed by atoms with Crippen molar-refractivity contribution in [3.63, 3.8) is 0 Å². The Morgan fingerprint density at radius 3 is 2.65 bits per heavy atom. The van der Waals surface area contributed by atoms with Crippen molar-refractivity contribution in [2.45, 2.75) is 27.2 Å². The molecule has 1 aromatic heterocycles. The second-order valence-corrected chi connectivity index (χ2v) is 5.49. The Hall–Kier alpha value is -1.62. The van der Waals surface area contributed by atoms with E-state index in [2.05, 4.69) is 28.0 Å². The van der Waals surface area contributed by atoms with Gasteiger partial charge in [0, 0.05) is 5.69 Å². The van der Waals surface area contributed by atoms with Crippen molar-refractivity contribution in [3.05, 3.63) is 45.7 Å². The lowest BCUT2D eigenvalue weighted by Crippen LogP contribution is -2.21. The third-order valence-electron chi connectivity index (χ3n) is 3.00. The molecular weight excluding hydrogens is 320 g/mol. The number of ether oxygens (including phenoxy) is 1. The molecule has 106 valence electrons. The van der Waals surface area contributed by atoms with E-state index in [1.54, 1.807) is 0 Å². The van der Waals surface area contributed by atoms with Crippen LogP contribution in [-0.2, 0) is 6.42 Å². The molecule has 0 saturated heterocycles. The standard InChI is InChI=1S/C15H17BrN2O2/c1-4-12-5-6-14(13(16)8-12)20-9-15(19)18-11(3)7-10(2)17-18/h5-8H,4,9H2,1-3H3. The van der Waals surface area contributed by atoms with E-state index in [-0.39, 0.29) is 12.5 Å². The Morgan fingerprint density at radius 2 is 2.10 bits per heavy atom. The fourth-order valence-corrected chi connectivity index (χ4v) is 2.50. The number of hydrogen-bond donors (Lipinski definition) is 0. The van der Waals surface area contributed by atoms with Gasteiger partial charge in [0.25, 0.3) is 5.91 Å². The van der Waals surface area contributed by atoms with E-state index in [1.165, 1.54) is 10.2 Å². The maximum atomic E-state index is 12.0. The minimum absolute atomic E-state index is 0.0357. The maximum absolute atomic E-state index is 12.0. The molecule has 20 heavy (non-hydrogen) atoms. The molecule has 0 aliphatic carbocycles.